The first kappa shape index (κ1) is 14.3. The Morgan fingerprint density at radius 2 is 1.95 bits per heavy atom. The third-order valence-corrected chi connectivity index (χ3v) is 4.02. The molecule has 0 radical (unpaired) electrons. The maximum absolute atomic E-state index is 12.5. The monoisotopic (exact) mass is 259 g/mol. The number of Topliss-reactive ketones (excluding diaryl/α,β-unsaturated/α-hetero) is 1. The number of nitrogens with zero attached hydrogens (tertiary/aromatic N) is 1. The average molecular weight is 259 g/mol. The summed E-state index contributed by atoms with van der Waals surface area (Å²) in [5, 5.41) is 0. The summed E-state index contributed by atoms with van der Waals surface area (Å²) in [4.78, 5) is 14.9. The number of hydrogen-bond acceptors (Lipinski definition) is 2. The molecule has 0 aromatic heterocycles. The summed E-state index contributed by atoms with van der Waals surface area (Å²) >= 11 is 0. The SMILES string of the molecule is CC1=CCC=C(C(=O)C(C)CN2CCCCC2)C=C1. The van der Waals surface area contributed by atoms with Crippen LogP contribution in [-0.4, -0.2) is 30.3 Å². The molecule has 2 rings (SSSR count). The van der Waals surface area contributed by atoms with E-state index in [4.69, 9.17) is 0 Å². The molecule has 2 heteroatoms. The molecular formula is C17H25NO. The van der Waals surface area contributed by atoms with Gasteiger partial charge in [-0.15, -0.1) is 0 Å². The van der Waals surface area contributed by atoms with Crippen molar-refractivity contribution in [2.45, 2.75) is 39.5 Å². The zero-order valence-electron chi connectivity index (χ0n) is 12.2. The van der Waals surface area contributed by atoms with Gasteiger partial charge in [-0.25, -0.2) is 0 Å². The molecule has 104 valence electrons. The Balaban J connectivity index is 1.91. The Hall–Kier alpha value is -1.15. The van der Waals surface area contributed by atoms with Crippen molar-refractivity contribution in [1.82, 2.24) is 4.90 Å². The van der Waals surface area contributed by atoms with Crippen molar-refractivity contribution in [3.8, 4) is 0 Å². The van der Waals surface area contributed by atoms with Gasteiger partial charge in [-0.05, 0) is 39.3 Å². The Morgan fingerprint density at radius 3 is 2.68 bits per heavy atom. The first-order chi connectivity index (χ1) is 9.16. The van der Waals surface area contributed by atoms with Crippen LogP contribution in [0.4, 0.5) is 0 Å². The molecule has 1 aliphatic heterocycles. The first-order valence-electron chi connectivity index (χ1n) is 7.48. The number of piperidine rings is 1. The molecule has 1 aliphatic carbocycles. The van der Waals surface area contributed by atoms with E-state index in [2.05, 4.69) is 30.9 Å². The van der Waals surface area contributed by atoms with Crippen LogP contribution in [0.2, 0.25) is 0 Å². The van der Waals surface area contributed by atoms with Crippen LogP contribution in [0.15, 0.2) is 35.5 Å². The third kappa shape index (κ3) is 4.17. The van der Waals surface area contributed by atoms with E-state index in [0.717, 1.165) is 31.6 Å². The maximum Gasteiger partial charge on any atom is 0.166 e. The molecule has 0 amide bonds. The summed E-state index contributed by atoms with van der Waals surface area (Å²) in [6, 6.07) is 0. The zero-order chi connectivity index (χ0) is 13.7. The number of rotatable bonds is 4. The highest BCUT2D eigenvalue weighted by atomic mass is 16.1. The van der Waals surface area contributed by atoms with Gasteiger partial charge in [0, 0.05) is 18.0 Å². The van der Waals surface area contributed by atoms with E-state index in [1.807, 2.05) is 12.2 Å². The van der Waals surface area contributed by atoms with E-state index in [0.29, 0.717) is 5.78 Å². The van der Waals surface area contributed by atoms with Gasteiger partial charge < -0.3 is 4.90 Å². The van der Waals surface area contributed by atoms with Crippen LogP contribution in [-0.2, 0) is 4.79 Å². The lowest BCUT2D eigenvalue weighted by atomic mass is 9.97. The van der Waals surface area contributed by atoms with Gasteiger partial charge in [0.1, 0.15) is 0 Å². The molecule has 0 N–H and O–H groups in total. The molecule has 1 atom stereocenters. The molecule has 19 heavy (non-hydrogen) atoms. The van der Waals surface area contributed by atoms with Crippen LogP contribution in [0.1, 0.15) is 39.5 Å². The van der Waals surface area contributed by atoms with Gasteiger partial charge in [-0.2, -0.15) is 0 Å². The van der Waals surface area contributed by atoms with Gasteiger partial charge in [0.15, 0.2) is 5.78 Å². The maximum atomic E-state index is 12.5. The number of carbonyl (C=O) groups excluding carboxylic acids is 1. The molecule has 0 spiro atoms. The first-order valence-corrected chi connectivity index (χ1v) is 7.48. The van der Waals surface area contributed by atoms with Gasteiger partial charge in [-0.3, -0.25) is 4.79 Å². The van der Waals surface area contributed by atoms with Crippen molar-refractivity contribution in [1.29, 1.82) is 0 Å². The standard InChI is InChI=1S/C17H25NO/c1-14-7-6-8-16(10-9-14)17(19)15(2)13-18-11-4-3-5-12-18/h7-10,15H,3-6,11-13H2,1-2H3. The molecule has 0 aromatic carbocycles. The predicted octanol–water partition coefficient (Wildman–Crippen LogP) is 3.51. The van der Waals surface area contributed by atoms with Crippen LogP contribution in [0, 0.1) is 5.92 Å². The van der Waals surface area contributed by atoms with Gasteiger partial charge in [0.05, 0.1) is 0 Å². The highest BCUT2D eigenvalue weighted by Gasteiger charge is 2.20. The average Bonchev–Trinajstić information content (AvgIpc) is 2.64. The predicted molar refractivity (Wildman–Crippen MR) is 80.1 cm³/mol. The summed E-state index contributed by atoms with van der Waals surface area (Å²) in [5.74, 6) is 0.400. The quantitative estimate of drug-likeness (QED) is 0.770. The fraction of sp³-hybridized carbons (Fsp3) is 0.588. The molecule has 1 heterocycles. The van der Waals surface area contributed by atoms with Gasteiger partial charge >= 0.3 is 0 Å². The van der Waals surface area contributed by atoms with Crippen LogP contribution in [0.25, 0.3) is 0 Å². The van der Waals surface area contributed by atoms with Crippen molar-refractivity contribution >= 4 is 5.78 Å². The van der Waals surface area contributed by atoms with E-state index in [9.17, 15) is 4.79 Å². The van der Waals surface area contributed by atoms with E-state index in [-0.39, 0.29) is 5.92 Å². The molecule has 1 fully saturated rings. The minimum atomic E-state index is 0.104. The van der Waals surface area contributed by atoms with Crippen molar-refractivity contribution in [3.63, 3.8) is 0 Å². The summed E-state index contributed by atoms with van der Waals surface area (Å²) in [7, 11) is 0. The van der Waals surface area contributed by atoms with Crippen LogP contribution < -0.4 is 0 Å². The number of allylic oxidation sites excluding steroid dienone is 6. The molecule has 0 aromatic rings. The zero-order valence-corrected chi connectivity index (χ0v) is 12.2. The van der Waals surface area contributed by atoms with Crippen LogP contribution in [0.3, 0.4) is 0 Å². The number of ketones is 1. The van der Waals surface area contributed by atoms with Crippen LogP contribution in [0.5, 0.6) is 0 Å². The molecule has 2 nitrogen and oxygen atoms in total. The van der Waals surface area contributed by atoms with Crippen molar-refractivity contribution in [2.75, 3.05) is 19.6 Å². The highest BCUT2D eigenvalue weighted by Crippen LogP contribution is 2.17. The lowest BCUT2D eigenvalue weighted by Gasteiger charge is -2.28. The fourth-order valence-corrected chi connectivity index (χ4v) is 2.81. The highest BCUT2D eigenvalue weighted by molar-refractivity contribution is 5.99. The van der Waals surface area contributed by atoms with E-state index < -0.39 is 0 Å². The van der Waals surface area contributed by atoms with Gasteiger partial charge in [-0.1, -0.05) is 43.2 Å². The van der Waals surface area contributed by atoms with Gasteiger partial charge in [0.25, 0.3) is 0 Å². The minimum Gasteiger partial charge on any atom is -0.303 e. The molecule has 0 saturated carbocycles. The number of likely N-dealkylation sites (tertiary alicyclic amines) is 1. The Morgan fingerprint density at radius 1 is 1.21 bits per heavy atom. The van der Waals surface area contributed by atoms with Crippen molar-refractivity contribution < 1.29 is 4.79 Å². The Kier molecular flexibility index (Phi) is 5.15. The summed E-state index contributed by atoms with van der Waals surface area (Å²) in [6.45, 7) is 7.38. The Bertz CT molecular complexity index is 411. The van der Waals surface area contributed by atoms with E-state index in [1.165, 1.54) is 24.8 Å². The molecule has 1 saturated heterocycles. The fourth-order valence-electron chi connectivity index (χ4n) is 2.81. The van der Waals surface area contributed by atoms with Gasteiger partial charge in [0.2, 0.25) is 0 Å². The Labute approximate surface area is 116 Å². The molecule has 0 bridgehead atoms. The summed E-state index contributed by atoms with van der Waals surface area (Å²) in [5.41, 5.74) is 2.13. The molecule has 2 aliphatic rings. The second kappa shape index (κ2) is 6.85. The molecular weight excluding hydrogens is 234 g/mol. The third-order valence-electron chi connectivity index (χ3n) is 4.02. The molecule has 1 unspecified atom stereocenters. The second-order valence-corrected chi connectivity index (χ2v) is 5.80. The van der Waals surface area contributed by atoms with Crippen molar-refractivity contribution in [3.05, 3.63) is 35.5 Å². The van der Waals surface area contributed by atoms with Crippen molar-refractivity contribution in [2.24, 2.45) is 5.92 Å². The summed E-state index contributed by atoms with van der Waals surface area (Å²) < 4.78 is 0. The van der Waals surface area contributed by atoms with E-state index >= 15 is 0 Å². The topological polar surface area (TPSA) is 20.3 Å². The van der Waals surface area contributed by atoms with E-state index in [1.54, 1.807) is 0 Å². The normalized spacial score (nSPS) is 22.4. The smallest absolute Gasteiger partial charge is 0.166 e. The largest absolute Gasteiger partial charge is 0.303 e. The second-order valence-electron chi connectivity index (χ2n) is 5.80. The number of hydrogen-bond donors (Lipinski definition) is 0. The summed E-state index contributed by atoms with van der Waals surface area (Å²) in [6.07, 6.45) is 13.0. The lowest BCUT2D eigenvalue weighted by molar-refractivity contribution is -0.119. The minimum absolute atomic E-state index is 0.104. The lowest BCUT2D eigenvalue weighted by Crippen LogP contribution is -2.36. The van der Waals surface area contributed by atoms with Crippen LogP contribution >= 0.6 is 0 Å². The number of carbonyl (C=O) groups is 1.